The summed E-state index contributed by atoms with van der Waals surface area (Å²) in [6.45, 7) is 2.58. The van der Waals surface area contributed by atoms with Crippen LogP contribution >= 0.6 is 11.6 Å². The first kappa shape index (κ1) is 11.3. The largest absolute Gasteiger partial charge is 0.385 e. The Morgan fingerprint density at radius 2 is 2.44 bits per heavy atom. The third-order valence-corrected chi connectivity index (χ3v) is 3.02. The first-order chi connectivity index (χ1) is 7.79. The summed E-state index contributed by atoms with van der Waals surface area (Å²) in [7, 11) is 0. The van der Waals surface area contributed by atoms with Crippen LogP contribution in [0.5, 0.6) is 0 Å². The molecular weight excluding hydrogens is 224 g/mol. The lowest BCUT2D eigenvalue weighted by Gasteiger charge is -2.11. The minimum absolute atomic E-state index is 0.496. The van der Waals surface area contributed by atoms with E-state index < -0.39 is 0 Å². The van der Waals surface area contributed by atoms with E-state index in [0.717, 1.165) is 31.9 Å². The molecule has 1 aromatic rings. The molecule has 0 aromatic heterocycles. The molecule has 0 radical (unpaired) electrons. The fourth-order valence-corrected chi connectivity index (χ4v) is 1.95. The highest BCUT2D eigenvalue weighted by atomic mass is 35.5. The Kier molecular flexibility index (Phi) is 3.66. The normalized spacial score (nSPS) is 19.4. The topological polar surface area (TPSA) is 45.0 Å². The van der Waals surface area contributed by atoms with Crippen molar-refractivity contribution in [3.05, 3.63) is 28.8 Å². The van der Waals surface area contributed by atoms with Crippen molar-refractivity contribution in [3.63, 3.8) is 0 Å². The van der Waals surface area contributed by atoms with Crippen LogP contribution in [0.15, 0.2) is 18.2 Å². The molecule has 16 heavy (non-hydrogen) atoms. The maximum absolute atomic E-state index is 8.74. The monoisotopic (exact) mass is 236 g/mol. The third kappa shape index (κ3) is 2.66. The highest BCUT2D eigenvalue weighted by Gasteiger charge is 2.15. The number of hydrogen-bond donors (Lipinski definition) is 1. The Balaban J connectivity index is 1.94. The maximum Gasteiger partial charge on any atom is 0.101 e. The van der Waals surface area contributed by atoms with Gasteiger partial charge in [0.05, 0.1) is 17.2 Å². The first-order valence-electron chi connectivity index (χ1n) is 5.31. The highest BCUT2D eigenvalue weighted by Crippen LogP contribution is 2.21. The van der Waals surface area contributed by atoms with Gasteiger partial charge in [-0.2, -0.15) is 5.26 Å². The second-order valence-electron chi connectivity index (χ2n) is 3.92. The van der Waals surface area contributed by atoms with Crippen LogP contribution in [-0.2, 0) is 4.74 Å². The van der Waals surface area contributed by atoms with Crippen molar-refractivity contribution in [2.45, 2.75) is 6.42 Å². The lowest BCUT2D eigenvalue weighted by Crippen LogP contribution is -2.13. The van der Waals surface area contributed by atoms with E-state index in [0.29, 0.717) is 16.5 Å². The Labute approximate surface area is 100.0 Å². The van der Waals surface area contributed by atoms with Crippen LogP contribution in [0.25, 0.3) is 0 Å². The predicted molar refractivity (Wildman–Crippen MR) is 63.6 cm³/mol. The maximum atomic E-state index is 8.74. The number of benzene rings is 1. The van der Waals surface area contributed by atoms with Gasteiger partial charge in [-0.25, -0.2) is 0 Å². The second-order valence-corrected chi connectivity index (χ2v) is 4.32. The molecule has 2 rings (SSSR count). The zero-order chi connectivity index (χ0) is 11.4. The Bertz CT molecular complexity index is 408. The van der Waals surface area contributed by atoms with Gasteiger partial charge in [0.2, 0.25) is 0 Å². The number of hydrogen-bond acceptors (Lipinski definition) is 3. The van der Waals surface area contributed by atoms with Crippen molar-refractivity contribution in [2.24, 2.45) is 5.92 Å². The fourth-order valence-electron chi connectivity index (χ4n) is 1.72. The van der Waals surface area contributed by atoms with E-state index in [2.05, 4.69) is 5.32 Å². The molecule has 0 spiro atoms. The van der Waals surface area contributed by atoms with Crippen LogP contribution in [0.4, 0.5) is 5.69 Å². The van der Waals surface area contributed by atoms with Gasteiger partial charge >= 0.3 is 0 Å². The predicted octanol–water partition coefficient (Wildman–Crippen LogP) is 2.66. The van der Waals surface area contributed by atoms with E-state index in [1.54, 1.807) is 12.1 Å². The summed E-state index contributed by atoms with van der Waals surface area (Å²) in [5, 5.41) is 12.5. The van der Waals surface area contributed by atoms with E-state index >= 15 is 0 Å². The molecule has 4 heteroatoms. The second kappa shape index (κ2) is 5.20. The summed E-state index contributed by atoms with van der Waals surface area (Å²) in [6, 6.07) is 7.43. The lowest BCUT2D eigenvalue weighted by atomic mass is 10.1. The molecule has 0 amide bonds. The van der Waals surface area contributed by atoms with E-state index in [4.69, 9.17) is 21.6 Å². The van der Waals surface area contributed by atoms with Gasteiger partial charge in [-0.3, -0.25) is 0 Å². The quantitative estimate of drug-likeness (QED) is 0.878. The standard InChI is InChI=1S/C12H13ClN2O/c13-12-5-11(2-1-10(12)6-14)15-7-9-3-4-16-8-9/h1-2,5,9,15H,3-4,7-8H2. The van der Waals surface area contributed by atoms with E-state index in [-0.39, 0.29) is 0 Å². The first-order valence-corrected chi connectivity index (χ1v) is 5.68. The van der Waals surface area contributed by atoms with Crippen LogP contribution in [0.1, 0.15) is 12.0 Å². The average molecular weight is 237 g/mol. The van der Waals surface area contributed by atoms with E-state index in [1.165, 1.54) is 0 Å². The van der Waals surface area contributed by atoms with Crippen LogP contribution < -0.4 is 5.32 Å². The van der Waals surface area contributed by atoms with Crippen molar-refractivity contribution in [1.82, 2.24) is 0 Å². The van der Waals surface area contributed by atoms with Gasteiger partial charge < -0.3 is 10.1 Å². The molecule has 1 saturated heterocycles. The Morgan fingerprint density at radius 3 is 3.06 bits per heavy atom. The van der Waals surface area contributed by atoms with Gasteiger partial charge in [0.25, 0.3) is 0 Å². The molecule has 1 aliphatic rings. The smallest absolute Gasteiger partial charge is 0.101 e. The zero-order valence-electron chi connectivity index (χ0n) is 8.87. The number of rotatable bonds is 3. The van der Waals surface area contributed by atoms with E-state index in [9.17, 15) is 0 Å². The molecule has 0 aliphatic carbocycles. The minimum atomic E-state index is 0.496. The number of halogens is 1. The van der Waals surface area contributed by atoms with Gasteiger partial charge in [-0.15, -0.1) is 0 Å². The molecule has 0 bridgehead atoms. The SMILES string of the molecule is N#Cc1ccc(NCC2CCOC2)cc1Cl. The minimum Gasteiger partial charge on any atom is -0.385 e. The number of nitrogens with one attached hydrogen (secondary N) is 1. The number of nitriles is 1. The number of ether oxygens (including phenoxy) is 1. The number of anilines is 1. The van der Waals surface area contributed by atoms with E-state index in [1.807, 2.05) is 12.1 Å². The van der Waals surface area contributed by atoms with Crippen molar-refractivity contribution in [2.75, 3.05) is 25.1 Å². The fraction of sp³-hybridized carbons (Fsp3) is 0.417. The molecule has 1 aromatic carbocycles. The average Bonchev–Trinajstić information content (AvgIpc) is 2.79. The molecule has 1 fully saturated rings. The molecule has 1 aliphatic heterocycles. The van der Waals surface area contributed by atoms with Crippen molar-refractivity contribution in [3.8, 4) is 6.07 Å². The molecule has 1 atom stereocenters. The van der Waals surface area contributed by atoms with Gasteiger partial charge in [0.15, 0.2) is 0 Å². The van der Waals surface area contributed by atoms with Crippen molar-refractivity contribution in [1.29, 1.82) is 5.26 Å². The van der Waals surface area contributed by atoms with Crippen LogP contribution in [-0.4, -0.2) is 19.8 Å². The zero-order valence-corrected chi connectivity index (χ0v) is 9.63. The van der Waals surface area contributed by atoms with Crippen molar-refractivity contribution < 1.29 is 4.74 Å². The summed E-state index contributed by atoms with van der Waals surface area (Å²) < 4.78 is 5.30. The molecule has 1 heterocycles. The molecular formula is C12H13ClN2O. The summed E-state index contributed by atoms with van der Waals surface area (Å²) in [4.78, 5) is 0. The molecule has 84 valence electrons. The molecule has 1 N–H and O–H groups in total. The summed E-state index contributed by atoms with van der Waals surface area (Å²) in [6.07, 6.45) is 1.11. The summed E-state index contributed by atoms with van der Waals surface area (Å²) in [5.41, 5.74) is 1.47. The summed E-state index contributed by atoms with van der Waals surface area (Å²) in [5.74, 6) is 0.578. The Hall–Kier alpha value is -1.24. The van der Waals surface area contributed by atoms with Gasteiger partial charge in [-0.05, 0) is 24.6 Å². The molecule has 0 saturated carbocycles. The van der Waals surface area contributed by atoms with Gasteiger partial charge in [-0.1, -0.05) is 11.6 Å². The lowest BCUT2D eigenvalue weighted by molar-refractivity contribution is 0.187. The number of nitrogens with zero attached hydrogens (tertiary/aromatic N) is 1. The third-order valence-electron chi connectivity index (χ3n) is 2.71. The highest BCUT2D eigenvalue weighted by molar-refractivity contribution is 6.32. The van der Waals surface area contributed by atoms with Gasteiger partial charge in [0, 0.05) is 24.8 Å². The van der Waals surface area contributed by atoms with Crippen LogP contribution in [0.2, 0.25) is 5.02 Å². The van der Waals surface area contributed by atoms with Crippen LogP contribution in [0.3, 0.4) is 0 Å². The van der Waals surface area contributed by atoms with Crippen molar-refractivity contribution >= 4 is 17.3 Å². The van der Waals surface area contributed by atoms with Gasteiger partial charge in [0.1, 0.15) is 6.07 Å². The van der Waals surface area contributed by atoms with Crippen LogP contribution in [0, 0.1) is 17.2 Å². The molecule has 1 unspecified atom stereocenters. The Morgan fingerprint density at radius 1 is 1.56 bits per heavy atom. The summed E-state index contributed by atoms with van der Waals surface area (Å²) >= 11 is 5.94. The molecule has 3 nitrogen and oxygen atoms in total.